The number of carboxylic acids is 1. The molecule has 0 saturated carbocycles. The highest BCUT2D eigenvalue weighted by molar-refractivity contribution is 5.85. The standard InChI is InChI=1S/C9H10O5/c10-7(11)5-13-8(12)9-3-1-6(14-9)2-4-9/h1,3,6H,2,4-5H2,(H,10,11). The van der Waals surface area contributed by atoms with Crippen LogP contribution in [-0.2, 0) is 19.1 Å². The minimum Gasteiger partial charge on any atom is -0.479 e. The van der Waals surface area contributed by atoms with E-state index in [9.17, 15) is 9.59 Å². The lowest BCUT2D eigenvalue weighted by Gasteiger charge is -2.19. The molecule has 1 saturated heterocycles. The van der Waals surface area contributed by atoms with Crippen LogP contribution in [0.15, 0.2) is 12.2 Å². The predicted octanol–water partition coefficient (Wildman–Crippen LogP) is 0.102. The summed E-state index contributed by atoms with van der Waals surface area (Å²) in [5.74, 6) is -1.76. The summed E-state index contributed by atoms with van der Waals surface area (Å²) in [7, 11) is 0. The molecule has 76 valence electrons. The number of ether oxygens (including phenoxy) is 2. The number of esters is 1. The Labute approximate surface area is 80.3 Å². The summed E-state index contributed by atoms with van der Waals surface area (Å²) in [6, 6.07) is 0. The van der Waals surface area contributed by atoms with Crippen molar-refractivity contribution in [1.82, 2.24) is 0 Å². The fraction of sp³-hybridized carbons (Fsp3) is 0.556. The fourth-order valence-corrected chi connectivity index (χ4v) is 1.73. The maximum absolute atomic E-state index is 11.5. The molecule has 2 aliphatic heterocycles. The molecule has 5 nitrogen and oxygen atoms in total. The van der Waals surface area contributed by atoms with Crippen molar-refractivity contribution in [1.29, 1.82) is 0 Å². The third kappa shape index (κ3) is 1.39. The van der Waals surface area contributed by atoms with Crippen molar-refractivity contribution in [2.45, 2.75) is 24.5 Å². The van der Waals surface area contributed by atoms with E-state index in [1.807, 2.05) is 6.08 Å². The van der Waals surface area contributed by atoms with Crippen LogP contribution in [0, 0.1) is 0 Å². The smallest absolute Gasteiger partial charge is 0.343 e. The Morgan fingerprint density at radius 1 is 1.64 bits per heavy atom. The summed E-state index contributed by atoms with van der Waals surface area (Å²) >= 11 is 0. The molecule has 2 bridgehead atoms. The minimum atomic E-state index is -1.16. The highest BCUT2D eigenvalue weighted by atomic mass is 16.6. The van der Waals surface area contributed by atoms with Crippen molar-refractivity contribution < 1.29 is 24.2 Å². The molecule has 0 amide bonds. The second-order valence-electron chi connectivity index (χ2n) is 3.41. The van der Waals surface area contributed by atoms with Gasteiger partial charge in [0.1, 0.15) is 0 Å². The van der Waals surface area contributed by atoms with Crippen LogP contribution in [0.5, 0.6) is 0 Å². The van der Waals surface area contributed by atoms with E-state index in [0.717, 1.165) is 6.42 Å². The molecule has 2 rings (SSSR count). The van der Waals surface area contributed by atoms with Gasteiger partial charge < -0.3 is 14.6 Å². The van der Waals surface area contributed by atoms with E-state index in [1.54, 1.807) is 6.08 Å². The number of hydrogen-bond donors (Lipinski definition) is 1. The van der Waals surface area contributed by atoms with Crippen LogP contribution in [0.4, 0.5) is 0 Å². The molecule has 2 unspecified atom stereocenters. The Bertz CT molecular complexity index is 308. The van der Waals surface area contributed by atoms with E-state index in [0.29, 0.717) is 6.42 Å². The number of rotatable bonds is 3. The van der Waals surface area contributed by atoms with Crippen molar-refractivity contribution in [3.8, 4) is 0 Å². The molecule has 0 aromatic heterocycles. The second-order valence-corrected chi connectivity index (χ2v) is 3.41. The Morgan fingerprint density at radius 3 is 2.86 bits per heavy atom. The molecule has 0 spiro atoms. The lowest BCUT2D eigenvalue weighted by molar-refractivity contribution is -0.167. The van der Waals surface area contributed by atoms with Gasteiger partial charge in [0.25, 0.3) is 0 Å². The van der Waals surface area contributed by atoms with Crippen molar-refractivity contribution in [3.63, 3.8) is 0 Å². The number of aliphatic carboxylic acids is 1. The van der Waals surface area contributed by atoms with Crippen molar-refractivity contribution >= 4 is 11.9 Å². The summed E-state index contributed by atoms with van der Waals surface area (Å²) in [6.07, 6.45) is 4.83. The molecule has 2 atom stereocenters. The van der Waals surface area contributed by atoms with E-state index in [-0.39, 0.29) is 6.10 Å². The molecular formula is C9H10O5. The largest absolute Gasteiger partial charge is 0.479 e. The monoisotopic (exact) mass is 198 g/mol. The van der Waals surface area contributed by atoms with Gasteiger partial charge in [-0.3, -0.25) is 0 Å². The summed E-state index contributed by atoms with van der Waals surface area (Å²) in [5.41, 5.74) is -1.000. The van der Waals surface area contributed by atoms with Crippen LogP contribution in [0.3, 0.4) is 0 Å². The Hall–Kier alpha value is -1.36. The SMILES string of the molecule is O=C(O)COC(=O)C12C=CC(CC1)O2. The Morgan fingerprint density at radius 2 is 2.43 bits per heavy atom. The van der Waals surface area contributed by atoms with E-state index in [2.05, 4.69) is 4.74 Å². The first-order valence-electron chi connectivity index (χ1n) is 4.39. The minimum absolute atomic E-state index is 0.00706. The van der Waals surface area contributed by atoms with E-state index >= 15 is 0 Å². The second kappa shape index (κ2) is 3.09. The zero-order chi connectivity index (χ0) is 10.2. The topological polar surface area (TPSA) is 72.8 Å². The van der Waals surface area contributed by atoms with Crippen LogP contribution in [0.2, 0.25) is 0 Å². The first kappa shape index (κ1) is 9.21. The number of carbonyl (C=O) groups is 2. The van der Waals surface area contributed by atoms with Crippen molar-refractivity contribution in [3.05, 3.63) is 12.2 Å². The van der Waals surface area contributed by atoms with Gasteiger partial charge >= 0.3 is 11.9 Å². The van der Waals surface area contributed by atoms with Gasteiger partial charge in [-0.25, -0.2) is 9.59 Å². The van der Waals surface area contributed by atoms with Crippen LogP contribution in [-0.4, -0.2) is 35.4 Å². The maximum Gasteiger partial charge on any atom is 0.343 e. The average molecular weight is 198 g/mol. The maximum atomic E-state index is 11.5. The molecule has 1 fully saturated rings. The number of hydrogen-bond acceptors (Lipinski definition) is 4. The zero-order valence-electron chi connectivity index (χ0n) is 7.43. The van der Waals surface area contributed by atoms with Gasteiger partial charge in [-0.05, 0) is 18.9 Å². The molecule has 1 N–H and O–H groups in total. The van der Waals surface area contributed by atoms with Gasteiger partial charge in [0.15, 0.2) is 12.2 Å². The average Bonchev–Trinajstić information content (AvgIpc) is 2.74. The Kier molecular flexibility index (Phi) is 2.03. The van der Waals surface area contributed by atoms with Crippen LogP contribution in [0.1, 0.15) is 12.8 Å². The van der Waals surface area contributed by atoms with Crippen molar-refractivity contribution in [2.75, 3.05) is 6.61 Å². The fourth-order valence-electron chi connectivity index (χ4n) is 1.73. The number of carboxylic acid groups (broad SMARTS) is 1. The predicted molar refractivity (Wildman–Crippen MR) is 44.6 cm³/mol. The molecule has 0 aromatic carbocycles. The quantitative estimate of drug-likeness (QED) is 0.514. The summed E-state index contributed by atoms with van der Waals surface area (Å²) in [5, 5.41) is 8.34. The normalized spacial score (nSPS) is 33.3. The first-order chi connectivity index (χ1) is 6.62. The number of carbonyl (C=O) groups excluding carboxylic acids is 1. The molecule has 2 aliphatic rings. The summed E-state index contributed by atoms with van der Waals surface area (Å²) in [6.45, 7) is -0.609. The number of fused-ring (bicyclic) bond motifs is 2. The molecule has 0 radical (unpaired) electrons. The van der Waals surface area contributed by atoms with Gasteiger partial charge in [0.2, 0.25) is 0 Å². The lowest BCUT2D eigenvalue weighted by atomic mass is 9.95. The van der Waals surface area contributed by atoms with Gasteiger partial charge in [-0.2, -0.15) is 0 Å². The van der Waals surface area contributed by atoms with Crippen molar-refractivity contribution in [2.24, 2.45) is 0 Å². The molecule has 0 aromatic rings. The third-order valence-electron chi connectivity index (χ3n) is 2.41. The van der Waals surface area contributed by atoms with Crippen LogP contribution >= 0.6 is 0 Å². The molecule has 14 heavy (non-hydrogen) atoms. The molecule has 2 heterocycles. The van der Waals surface area contributed by atoms with Crippen LogP contribution < -0.4 is 0 Å². The third-order valence-corrected chi connectivity index (χ3v) is 2.41. The van der Waals surface area contributed by atoms with Gasteiger partial charge in [-0.15, -0.1) is 0 Å². The summed E-state index contributed by atoms with van der Waals surface area (Å²) < 4.78 is 9.97. The van der Waals surface area contributed by atoms with E-state index < -0.39 is 24.1 Å². The Balaban J connectivity index is 1.98. The highest BCUT2D eigenvalue weighted by Gasteiger charge is 2.49. The highest BCUT2D eigenvalue weighted by Crippen LogP contribution is 2.38. The molecule has 0 aliphatic carbocycles. The first-order valence-corrected chi connectivity index (χ1v) is 4.39. The van der Waals surface area contributed by atoms with Crippen LogP contribution in [0.25, 0.3) is 0 Å². The molecule has 5 heteroatoms. The van der Waals surface area contributed by atoms with Gasteiger partial charge in [0.05, 0.1) is 6.10 Å². The van der Waals surface area contributed by atoms with E-state index in [1.165, 1.54) is 0 Å². The van der Waals surface area contributed by atoms with Gasteiger partial charge in [0, 0.05) is 0 Å². The zero-order valence-corrected chi connectivity index (χ0v) is 7.43. The van der Waals surface area contributed by atoms with E-state index in [4.69, 9.17) is 9.84 Å². The summed E-state index contributed by atoms with van der Waals surface area (Å²) in [4.78, 5) is 21.7. The van der Waals surface area contributed by atoms with Gasteiger partial charge in [-0.1, -0.05) is 6.08 Å². The molecular weight excluding hydrogens is 188 g/mol. The lowest BCUT2D eigenvalue weighted by Crippen LogP contribution is -2.37.